The number of hydrogen-bond acceptors (Lipinski definition) is 6. The van der Waals surface area contributed by atoms with Gasteiger partial charge in [-0.1, -0.05) is 12.1 Å². The molecule has 0 unspecified atom stereocenters. The van der Waals surface area contributed by atoms with Gasteiger partial charge in [0.05, 0.1) is 6.54 Å². The molecule has 6 rings (SSSR count). The lowest BCUT2D eigenvalue weighted by Gasteiger charge is -2.25. The number of ether oxygens (including phenoxy) is 1. The molecule has 5 heterocycles. The molecule has 4 aromatic heterocycles. The molecule has 0 spiro atoms. The first-order chi connectivity index (χ1) is 20.6. The topological polar surface area (TPSA) is 114 Å². The molecule has 0 fully saturated rings. The zero-order valence-corrected chi connectivity index (χ0v) is 23.6. The molecule has 0 atom stereocenters. The van der Waals surface area contributed by atoms with Crippen molar-refractivity contribution in [3.63, 3.8) is 0 Å². The first-order valence-electron chi connectivity index (χ1n) is 14.3. The highest BCUT2D eigenvalue weighted by molar-refractivity contribution is 5.97. The third-order valence-electron chi connectivity index (χ3n) is 7.61. The second kappa shape index (κ2) is 12.3. The molecule has 11 heteroatoms. The SMILES string of the molecule is Cn1nccc1C(=O)N1CCCCN(C(=O)c2cc3cccnc3[nH]2)CCCn2ccnc2-c2cccc(c2)OCC1. The fraction of sp³-hybridized carbons (Fsp3) is 0.323. The summed E-state index contributed by atoms with van der Waals surface area (Å²) in [5.41, 5.74) is 2.70. The number of benzene rings is 1. The smallest absolute Gasteiger partial charge is 0.272 e. The highest BCUT2D eigenvalue weighted by atomic mass is 16.5. The predicted octanol–water partition coefficient (Wildman–Crippen LogP) is 4.01. The van der Waals surface area contributed by atoms with Crippen molar-refractivity contribution in [1.29, 1.82) is 0 Å². The molecule has 0 radical (unpaired) electrons. The summed E-state index contributed by atoms with van der Waals surface area (Å²) in [5, 5.41) is 5.08. The fourth-order valence-corrected chi connectivity index (χ4v) is 5.40. The standard InChI is InChI=1S/C31H34N8O3/c1-36-27(10-12-34-36)31(41)39-15-3-2-14-38(30(40)26-22-23-8-5-11-32-28(23)35-26)17-6-16-37-18-13-33-29(37)24-7-4-9-25(21-24)42-20-19-39/h4-5,7-13,18,21-22H,2-3,6,14-17,19-20H2,1H3,(H,32,35). The average Bonchev–Trinajstić information content (AvgIpc) is 3.76. The van der Waals surface area contributed by atoms with Crippen molar-refractivity contribution in [2.24, 2.45) is 7.05 Å². The molecule has 11 nitrogen and oxygen atoms in total. The van der Waals surface area contributed by atoms with E-state index in [1.54, 1.807) is 41.3 Å². The number of nitrogens with one attached hydrogen (secondary N) is 1. The van der Waals surface area contributed by atoms with Crippen LogP contribution in [-0.2, 0) is 13.6 Å². The highest BCUT2D eigenvalue weighted by Crippen LogP contribution is 2.23. The lowest BCUT2D eigenvalue weighted by molar-refractivity contribution is 0.0695. The van der Waals surface area contributed by atoms with Crippen LogP contribution in [0.4, 0.5) is 0 Å². The fourth-order valence-electron chi connectivity index (χ4n) is 5.40. The van der Waals surface area contributed by atoms with E-state index in [4.69, 9.17) is 4.74 Å². The lowest BCUT2D eigenvalue weighted by Crippen LogP contribution is -2.37. The Morgan fingerprint density at radius 1 is 0.833 bits per heavy atom. The molecular weight excluding hydrogens is 532 g/mol. The molecule has 1 N–H and O–H groups in total. The number of aromatic amines is 1. The number of nitrogens with zero attached hydrogens (tertiary/aromatic N) is 7. The van der Waals surface area contributed by atoms with Crippen LogP contribution in [0, 0.1) is 0 Å². The highest BCUT2D eigenvalue weighted by Gasteiger charge is 2.21. The van der Waals surface area contributed by atoms with Crippen molar-refractivity contribution < 1.29 is 14.3 Å². The van der Waals surface area contributed by atoms with Crippen molar-refractivity contribution in [3.8, 4) is 17.1 Å². The molecule has 5 aromatic rings. The minimum atomic E-state index is -0.0918. The number of fused-ring (bicyclic) bond motifs is 5. The van der Waals surface area contributed by atoms with Gasteiger partial charge in [0.25, 0.3) is 11.8 Å². The molecule has 0 aliphatic carbocycles. The predicted molar refractivity (Wildman–Crippen MR) is 158 cm³/mol. The molecule has 42 heavy (non-hydrogen) atoms. The van der Waals surface area contributed by atoms with Crippen LogP contribution in [0.25, 0.3) is 22.4 Å². The summed E-state index contributed by atoms with van der Waals surface area (Å²) in [6.07, 6.45) is 9.35. The molecule has 0 saturated heterocycles. The van der Waals surface area contributed by atoms with Crippen LogP contribution < -0.4 is 4.74 Å². The van der Waals surface area contributed by atoms with Gasteiger partial charge >= 0.3 is 0 Å². The summed E-state index contributed by atoms with van der Waals surface area (Å²) in [4.78, 5) is 42.9. The number of pyridine rings is 1. The van der Waals surface area contributed by atoms with E-state index in [0.717, 1.165) is 41.8 Å². The maximum atomic E-state index is 13.7. The number of carbonyl (C=O) groups is 2. The van der Waals surface area contributed by atoms with E-state index in [0.29, 0.717) is 56.4 Å². The number of imidazole rings is 1. The molecule has 2 amide bonds. The van der Waals surface area contributed by atoms with Gasteiger partial charge in [0, 0.05) is 69.0 Å². The molecule has 0 saturated carbocycles. The Morgan fingerprint density at radius 3 is 2.48 bits per heavy atom. The van der Waals surface area contributed by atoms with E-state index in [-0.39, 0.29) is 11.8 Å². The Bertz CT molecular complexity index is 1650. The van der Waals surface area contributed by atoms with Crippen molar-refractivity contribution in [2.45, 2.75) is 25.8 Å². The van der Waals surface area contributed by atoms with Crippen LogP contribution in [0.5, 0.6) is 5.75 Å². The number of amides is 2. The zero-order valence-electron chi connectivity index (χ0n) is 23.6. The maximum absolute atomic E-state index is 13.7. The minimum absolute atomic E-state index is 0.0549. The Hall–Kier alpha value is -4.93. The molecule has 2 bridgehead atoms. The zero-order chi connectivity index (χ0) is 28.9. The summed E-state index contributed by atoms with van der Waals surface area (Å²) < 4.78 is 9.80. The number of carbonyl (C=O) groups excluding carboxylic acids is 2. The summed E-state index contributed by atoms with van der Waals surface area (Å²) in [5.74, 6) is 1.42. The number of hydrogen-bond donors (Lipinski definition) is 1. The van der Waals surface area contributed by atoms with E-state index < -0.39 is 0 Å². The van der Waals surface area contributed by atoms with Crippen molar-refractivity contribution >= 4 is 22.8 Å². The van der Waals surface area contributed by atoms with Crippen molar-refractivity contribution in [2.75, 3.05) is 32.8 Å². The van der Waals surface area contributed by atoms with Gasteiger partial charge in [-0.2, -0.15) is 5.10 Å². The first-order valence-corrected chi connectivity index (χ1v) is 14.3. The van der Waals surface area contributed by atoms with Gasteiger partial charge in [0.15, 0.2) is 0 Å². The minimum Gasteiger partial charge on any atom is -0.492 e. The van der Waals surface area contributed by atoms with Crippen molar-refractivity contribution in [1.82, 2.24) is 39.1 Å². The van der Waals surface area contributed by atoms with Crippen LogP contribution in [-0.4, -0.2) is 83.7 Å². The largest absolute Gasteiger partial charge is 0.492 e. The van der Waals surface area contributed by atoms with E-state index in [9.17, 15) is 9.59 Å². The molecule has 216 valence electrons. The normalized spacial score (nSPS) is 15.2. The van der Waals surface area contributed by atoms with Crippen LogP contribution >= 0.6 is 0 Å². The van der Waals surface area contributed by atoms with Gasteiger partial charge < -0.3 is 24.1 Å². The van der Waals surface area contributed by atoms with Gasteiger partial charge in [-0.05, 0) is 55.7 Å². The Labute approximate surface area is 243 Å². The van der Waals surface area contributed by atoms with Gasteiger partial charge in [-0.3, -0.25) is 14.3 Å². The molecule has 1 aliphatic rings. The van der Waals surface area contributed by atoms with E-state index in [1.165, 1.54) is 0 Å². The van der Waals surface area contributed by atoms with Gasteiger partial charge in [-0.25, -0.2) is 9.97 Å². The first kappa shape index (κ1) is 27.3. The van der Waals surface area contributed by atoms with E-state index in [1.807, 2.05) is 53.6 Å². The van der Waals surface area contributed by atoms with Crippen LogP contribution in [0.2, 0.25) is 0 Å². The lowest BCUT2D eigenvalue weighted by atomic mass is 10.2. The van der Waals surface area contributed by atoms with E-state index >= 15 is 0 Å². The average molecular weight is 567 g/mol. The second-order valence-electron chi connectivity index (χ2n) is 10.4. The Balaban J connectivity index is 1.25. The number of aromatic nitrogens is 6. The maximum Gasteiger partial charge on any atom is 0.272 e. The number of aryl methyl sites for hydroxylation is 2. The number of H-pyrrole nitrogens is 1. The second-order valence-corrected chi connectivity index (χ2v) is 10.4. The summed E-state index contributed by atoms with van der Waals surface area (Å²) in [6.45, 7) is 3.18. The van der Waals surface area contributed by atoms with Crippen molar-refractivity contribution in [3.05, 3.63) is 84.7 Å². The van der Waals surface area contributed by atoms with Gasteiger partial charge in [0.1, 0.15) is 35.2 Å². The molecule has 1 aromatic carbocycles. The summed E-state index contributed by atoms with van der Waals surface area (Å²) in [6, 6.07) is 15.3. The quantitative estimate of drug-likeness (QED) is 0.346. The van der Waals surface area contributed by atoms with Gasteiger partial charge in [0.2, 0.25) is 0 Å². The summed E-state index contributed by atoms with van der Waals surface area (Å²) in [7, 11) is 1.77. The van der Waals surface area contributed by atoms with Gasteiger partial charge in [-0.15, -0.1) is 0 Å². The monoisotopic (exact) mass is 566 g/mol. The Morgan fingerprint density at radius 2 is 1.67 bits per heavy atom. The third kappa shape index (κ3) is 5.90. The Kier molecular flexibility index (Phi) is 7.98. The van der Waals surface area contributed by atoms with Crippen LogP contribution in [0.3, 0.4) is 0 Å². The number of rotatable bonds is 2. The van der Waals surface area contributed by atoms with Crippen LogP contribution in [0.15, 0.2) is 73.3 Å². The molecular formula is C31H34N8O3. The molecule has 1 aliphatic heterocycles. The third-order valence-corrected chi connectivity index (χ3v) is 7.61. The summed E-state index contributed by atoms with van der Waals surface area (Å²) >= 11 is 0. The van der Waals surface area contributed by atoms with E-state index in [2.05, 4.69) is 24.6 Å². The van der Waals surface area contributed by atoms with Crippen LogP contribution in [0.1, 0.15) is 40.2 Å².